The van der Waals surface area contributed by atoms with Gasteiger partial charge in [-0.15, -0.1) is 12.4 Å². The van der Waals surface area contributed by atoms with Crippen LogP contribution in [0, 0.1) is 30.6 Å². The number of ether oxygens (including phenoxy) is 1. The third-order valence-electron chi connectivity index (χ3n) is 7.17. The van der Waals surface area contributed by atoms with E-state index < -0.39 is 0 Å². The first-order chi connectivity index (χ1) is 13.1. The van der Waals surface area contributed by atoms with Crippen molar-refractivity contribution >= 4 is 18.3 Å². The molecular weight excluding hydrogens is 372 g/mol. The SMILES string of the molecule is Cc1ccc(C2OCCCC2CNC(=O)C2CC3CCCC(C2)C3N)cc1.Cl. The Kier molecular flexibility index (Phi) is 7.41. The Balaban J connectivity index is 0.00000225. The van der Waals surface area contributed by atoms with Crippen LogP contribution in [0.4, 0.5) is 0 Å². The fraction of sp³-hybridized carbons (Fsp3) is 0.696. The number of carbonyl (C=O) groups excluding carboxylic acids is 1. The first-order valence-corrected chi connectivity index (χ1v) is 10.8. The number of fused-ring (bicyclic) bond motifs is 2. The topological polar surface area (TPSA) is 64.3 Å². The molecule has 1 heterocycles. The molecule has 1 aliphatic heterocycles. The van der Waals surface area contributed by atoms with Gasteiger partial charge in [0.1, 0.15) is 0 Å². The van der Waals surface area contributed by atoms with Crippen molar-refractivity contribution in [3.8, 4) is 0 Å². The Morgan fingerprint density at radius 3 is 2.46 bits per heavy atom. The second-order valence-electron chi connectivity index (χ2n) is 9.05. The molecule has 5 heteroatoms. The third-order valence-corrected chi connectivity index (χ3v) is 7.17. The average Bonchev–Trinajstić information content (AvgIpc) is 2.67. The van der Waals surface area contributed by atoms with E-state index in [4.69, 9.17) is 10.5 Å². The molecule has 4 unspecified atom stereocenters. The van der Waals surface area contributed by atoms with Gasteiger partial charge >= 0.3 is 0 Å². The van der Waals surface area contributed by atoms with Crippen molar-refractivity contribution in [3.63, 3.8) is 0 Å². The van der Waals surface area contributed by atoms with E-state index in [0.717, 1.165) is 38.8 Å². The number of aryl methyl sites for hydroxylation is 1. The number of carbonyl (C=O) groups is 1. The lowest BCUT2D eigenvalue weighted by atomic mass is 9.65. The zero-order valence-electron chi connectivity index (χ0n) is 16.9. The van der Waals surface area contributed by atoms with E-state index in [9.17, 15) is 4.79 Å². The Morgan fingerprint density at radius 1 is 1.11 bits per heavy atom. The third kappa shape index (κ3) is 4.72. The van der Waals surface area contributed by atoms with Gasteiger partial charge in [-0.05, 0) is 62.8 Å². The van der Waals surface area contributed by atoms with Crippen LogP contribution in [0.25, 0.3) is 0 Å². The molecule has 0 radical (unpaired) electrons. The average molecular weight is 407 g/mol. The maximum absolute atomic E-state index is 12.9. The van der Waals surface area contributed by atoms with Crippen LogP contribution in [0.2, 0.25) is 0 Å². The molecule has 156 valence electrons. The molecule has 0 spiro atoms. The molecule has 4 atom stereocenters. The maximum atomic E-state index is 12.9. The molecule has 28 heavy (non-hydrogen) atoms. The first kappa shape index (κ1) is 21.6. The van der Waals surface area contributed by atoms with Crippen molar-refractivity contribution in [2.24, 2.45) is 29.4 Å². The summed E-state index contributed by atoms with van der Waals surface area (Å²) < 4.78 is 6.10. The minimum Gasteiger partial charge on any atom is -0.373 e. The van der Waals surface area contributed by atoms with Gasteiger partial charge < -0.3 is 15.8 Å². The van der Waals surface area contributed by atoms with Crippen molar-refractivity contribution in [2.75, 3.05) is 13.2 Å². The van der Waals surface area contributed by atoms with Crippen molar-refractivity contribution < 1.29 is 9.53 Å². The molecule has 2 aliphatic carbocycles. The van der Waals surface area contributed by atoms with Gasteiger partial charge in [-0.1, -0.05) is 36.2 Å². The van der Waals surface area contributed by atoms with Gasteiger partial charge in [0.25, 0.3) is 0 Å². The van der Waals surface area contributed by atoms with E-state index in [0.29, 0.717) is 23.8 Å². The van der Waals surface area contributed by atoms with Gasteiger partial charge in [0.2, 0.25) is 5.91 Å². The minimum absolute atomic E-state index is 0. The molecule has 3 fully saturated rings. The summed E-state index contributed by atoms with van der Waals surface area (Å²) in [5.74, 6) is 1.85. The smallest absolute Gasteiger partial charge is 0.223 e. The predicted molar refractivity (Wildman–Crippen MR) is 114 cm³/mol. The molecule has 1 aromatic rings. The molecule has 1 aromatic carbocycles. The quantitative estimate of drug-likeness (QED) is 0.789. The Morgan fingerprint density at radius 2 is 1.79 bits per heavy atom. The van der Waals surface area contributed by atoms with Crippen LogP contribution in [-0.2, 0) is 9.53 Å². The molecule has 2 bridgehead atoms. The standard InChI is InChI=1S/C23H34N2O2.ClH/c1-15-7-9-16(10-8-15)22-19(6-3-11-27-22)14-25-23(26)20-12-17-4-2-5-18(13-20)21(17)24;/h7-10,17-22H,2-6,11-14,24H2,1H3,(H,25,26);1H. The normalized spacial score (nSPS) is 34.9. The summed E-state index contributed by atoms with van der Waals surface area (Å²) in [4.78, 5) is 12.9. The summed E-state index contributed by atoms with van der Waals surface area (Å²) in [6.07, 6.45) is 7.93. The zero-order chi connectivity index (χ0) is 18.8. The van der Waals surface area contributed by atoms with Crippen molar-refractivity contribution in [3.05, 3.63) is 35.4 Å². The number of halogens is 1. The molecule has 0 aromatic heterocycles. The highest BCUT2D eigenvalue weighted by Crippen LogP contribution is 2.42. The number of hydrogen-bond acceptors (Lipinski definition) is 3. The maximum Gasteiger partial charge on any atom is 0.223 e. The Hall–Kier alpha value is -1.10. The van der Waals surface area contributed by atoms with E-state index in [1.54, 1.807) is 0 Å². The molecular formula is C23H35ClN2O2. The number of nitrogens with two attached hydrogens (primary N) is 1. The highest BCUT2D eigenvalue weighted by molar-refractivity contribution is 5.85. The van der Waals surface area contributed by atoms with E-state index in [2.05, 4.69) is 36.5 Å². The lowest BCUT2D eigenvalue weighted by Gasteiger charge is -2.43. The second kappa shape index (κ2) is 9.60. The summed E-state index contributed by atoms with van der Waals surface area (Å²) in [7, 11) is 0. The van der Waals surface area contributed by atoms with Crippen LogP contribution in [0.5, 0.6) is 0 Å². The molecule has 4 rings (SSSR count). The van der Waals surface area contributed by atoms with Crippen LogP contribution >= 0.6 is 12.4 Å². The number of nitrogens with one attached hydrogen (secondary N) is 1. The monoisotopic (exact) mass is 406 g/mol. The molecule has 1 saturated heterocycles. The van der Waals surface area contributed by atoms with Gasteiger partial charge in [-0.2, -0.15) is 0 Å². The first-order valence-electron chi connectivity index (χ1n) is 10.8. The second-order valence-corrected chi connectivity index (χ2v) is 9.05. The molecule has 3 N–H and O–H groups in total. The molecule has 3 aliphatic rings. The Bertz CT molecular complexity index is 637. The summed E-state index contributed by atoms with van der Waals surface area (Å²) in [6, 6.07) is 8.95. The van der Waals surface area contributed by atoms with Crippen molar-refractivity contribution in [1.29, 1.82) is 0 Å². The molecule has 4 nitrogen and oxygen atoms in total. The lowest BCUT2D eigenvalue weighted by molar-refractivity contribution is -0.128. The number of benzene rings is 1. The lowest BCUT2D eigenvalue weighted by Crippen LogP contribution is -2.49. The van der Waals surface area contributed by atoms with E-state index in [-0.39, 0.29) is 30.3 Å². The van der Waals surface area contributed by atoms with Crippen LogP contribution < -0.4 is 11.1 Å². The summed E-state index contributed by atoms with van der Waals surface area (Å²) in [5, 5.41) is 3.28. The minimum atomic E-state index is 0. The van der Waals surface area contributed by atoms with Crippen LogP contribution in [0.1, 0.15) is 62.2 Å². The predicted octanol–water partition coefficient (Wildman–Crippen LogP) is 4.15. The van der Waals surface area contributed by atoms with Gasteiger partial charge in [-0.3, -0.25) is 4.79 Å². The zero-order valence-corrected chi connectivity index (χ0v) is 17.8. The van der Waals surface area contributed by atoms with Crippen LogP contribution in [0.15, 0.2) is 24.3 Å². The van der Waals surface area contributed by atoms with Gasteiger partial charge in [0.15, 0.2) is 0 Å². The number of hydrogen-bond donors (Lipinski definition) is 2. The summed E-state index contributed by atoms with van der Waals surface area (Å²) in [6.45, 7) is 3.64. The Labute approximate surface area is 175 Å². The summed E-state index contributed by atoms with van der Waals surface area (Å²) >= 11 is 0. The highest BCUT2D eigenvalue weighted by atomic mass is 35.5. The van der Waals surface area contributed by atoms with Gasteiger partial charge in [0.05, 0.1) is 6.10 Å². The summed E-state index contributed by atoms with van der Waals surface area (Å²) in [5.41, 5.74) is 8.88. The van der Waals surface area contributed by atoms with Gasteiger partial charge in [0, 0.05) is 31.0 Å². The van der Waals surface area contributed by atoms with Crippen molar-refractivity contribution in [1.82, 2.24) is 5.32 Å². The van der Waals surface area contributed by atoms with Crippen LogP contribution in [0.3, 0.4) is 0 Å². The van der Waals surface area contributed by atoms with Crippen LogP contribution in [-0.4, -0.2) is 25.1 Å². The van der Waals surface area contributed by atoms with Crippen molar-refractivity contribution in [2.45, 2.75) is 64.0 Å². The van der Waals surface area contributed by atoms with E-state index >= 15 is 0 Å². The number of amides is 1. The fourth-order valence-corrected chi connectivity index (χ4v) is 5.56. The van der Waals surface area contributed by atoms with E-state index in [1.165, 1.54) is 30.4 Å². The number of rotatable bonds is 4. The largest absolute Gasteiger partial charge is 0.373 e. The van der Waals surface area contributed by atoms with E-state index in [1.807, 2.05) is 0 Å². The molecule has 2 saturated carbocycles. The van der Waals surface area contributed by atoms with Gasteiger partial charge in [-0.25, -0.2) is 0 Å². The molecule has 1 amide bonds. The highest BCUT2D eigenvalue weighted by Gasteiger charge is 2.40. The fourth-order valence-electron chi connectivity index (χ4n) is 5.56.